The average molecular weight is 466 g/mol. The highest BCUT2D eigenvalue weighted by molar-refractivity contribution is 6.33. The molecule has 1 aromatic heterocycles. The van der Waals surface area contributed by atoms with Gasteiger partial charge in [-0.15, -0.1) is 0 Å². The van der Waals surface area contributed by atoms with E-state index in [9.17, 15) is 9.59 Å². The molecular weight excluding hydrogens is 442 g/mol. The number of nitrogens with one attached hydrogen (secondary N) is 1. The van der Waals surface area contributed by atoms with Gasteiger partial charge in [0.05, 0.1) is 17.2 Å². The predicted molar refractivity (Wildman–Crippen MR) is 125 cm³/mol. The molecule has 0 aliphatic carbocycles. The molecule has 7 nitrogen and oxygen atoms in total. The molecule has 2 amide bonds. The van der Waals surface area contributed by atoms with Crippen LogP contribution in [0.3, 0.4) is 0 Å². The Bertz CT molecular complexity index is 1220. The second kappa shape index (κ2) is 8.90. The lowest BCUT2D eigenvalue weighted by atomic mass is 9.97. The van der Waals surface area contributed by atoms with Gasteiger partial charge in [-0.1, -0.05) is 35.0 Å². The fourth-order valence-electron chi connectivity index (χ4n) is 4.60. The van der Waals surface area contributed by atoms with Crippen LogP contribution in [0.4, 0.5) is 5.69 Å². The fraction of sp³-hybridized carbons (Fsp3) is 0.320. The first-order valence-corrected chi connectivity index (χ1v) is 11.5. The van der Waals surface area contributed by atoms with Gasteiger partial charge in [-0.2, -0.15) is 0 Å². The number of carbonyl (C=O) groups excluding carboxylic acids is 2. The number of halogens is 1. The molecule has 1 N–H and O–H groups in total. The lowest BCUT2D eigenvalue weighted by Gasteiger charge is -2.37. The standard InChI is InChI=1S/C25H24ClN3O4/c1-15-22(23(28-33-15)18-7-2-3-8-20(18)26)24(30)27-16-9-10-21-19(14-16)25(31)29-12-5-4-6-17(29)11-13-32-21/h2-3,7-10,14,17H,4-6,11-13H2,1H3,(H,27,30). The maximum Gasteiger partial charge on any atom is 0.261 e. The summed E-state index contributed by atoms with van der Waals surface area (Å²) >= 11 is 6.32. The van der Waals surface area contributed by atoms with E-state index < -0.39 is 5.91 Å². The van der Waals surface area contributed by atoms with Gasteiger partial charge in [-0.05, 0) is 50.5 Å². The topological polar surface area (TPSA) is 84.7 Å². The smallest absolute Gasteiger partial charge is 0.261 e. The minimum Gasteiger partial charge on any atom is -0.493 e. The van der Waals surface area contributed by atoms with Crippen molar-refractivity contribution in [1.29, 1.82) is 0 Å². The Morgan fingerprint density at radius 3 is 2.85 bits per heavy atom. The van der Waals surface area contributed by atoms with Crippen molar-refractivity contribution in [2.75, 3.05) is 18.5 Å². The molecule has 5 rings (SSSR count). The summed E-state index contributed by atoms with van der Waals surface area (Å²) in [4.78, 5) is 28.5. The number of fused-ring (bicyclic) bond motifs is 2. The van der Waals surface area contributed by atoms with Gasteiger partial charge in [0, 0.05) is 30.3 Å². The third kappa shape index (κ3) is 4.09. The summed E-state index contributed by atoms with van der Waals surface area (Å²) in [5.74, 6) is 0.478. The molecule has 8 heteroatoms. The summed E-state index contributed by atoms with van der Waals surface area (Å²) < 4.78 is 11.2. The summed E-state index contributed by atoms with van der Waals surface area (Å²) in [7, 11) is 0. The normalized spacial score (nSPS) is 17.9. The van der Waals surface area contributed by atoms with Crippen LogP contribution in [0.1, 0.15) is 52.2 Å². The molecule has 1 fully saturated rings. The molecule has 3 heterocycles. The zero-order chi connectivity index (χ0) is 22.9. The van der Waals surface area contributed by atoms with Crippen molar-refractivity contribution in [3.8, 4) is 17.0 Å². The lowest BCUT2D eigenvalue weighted by molar-refractivity contribution is 0.0548. The Morgan fingerprint density at radius 2 is 2.00 bits per heavy atom. The highest BCUT2D eigenvalue weighted by Crippen LogP contribution is 2.33. The number of benzene rings is 2. The van der Waals surface area contributed by atoms with Gasteiger partial charge in [-0.3, -0.25) is 9.59 Å². The minimum absolute atomic E-state index is 0.0524. The number of aromatic nitrogens is 1. The van der Waals surface area contributed by atoms with Crippen LogP contribution in [0.2, 0.25) is 5.02 Å². The Hall–Kier alpha value is -3.32. The number of amides is 2. The largest absolute Gasteiger partial charge is 0.493 e. The van der Waals surface area contributed by atoms with Crippen molar-refractivity contribution in [2.45, 2.75) is 38.6 Å². The van der Waals surface area contributed by atoms with Crippen molar-refractivity contribution in [1.82, 2.24) is 10.1 Å². The fourth-order valence-corrected chi connectivity index (χ4v) is 4.82. The monoisotopic (exact) mass is 465 g/mol. The van der Waals surface area contributed by atoms with Crippen LogP contribution >= 0.6 is 11.6 Å². The van der Waals surface area contributed by atoms with Gasteiger partial charge in [0.15, 0.2) is 0 Å². The number of carbonyl (C=O) groups is 2. The number of rotatable bonds is 3. The van der Waals surface area contributed by atoms with Gasteiger partial charge >= 0.3 is 0 Å². The van der Waals surface area contributed by atoms with E-state index in [2.05, 4.69) is 10.5 Å². The summed E-state index contributed by atoms with van der Waals surface area (Å²) in [6.07, 6.45) is 3.97. The molecule has 2 aliphatic rings. The zero-order valence-corrected chi connectivity index (χ0v) is 19.0. The molecule has 2 aromatic carbocycles. The van der Waals surface area contributed by atoms with Crippen LogP contribution in [0, 0.1) is 6.92 Å². The molecule has 33 heavy (non-hydrogen) atoms. The number of piperidine rings is 1. The van der Waals surface area contributed by atoms with E-state index in [0.29, 0.717) is 51.2 Å². The third-order valence-corrected chi connectivity index (χ3v) is 6.61. The van der Waals surface area contributed by atoms with Crippen molar-refractivity contribution in [3.63, 3.8) is 0 Å². The van der Waals surface area contributed by atoms with E-state index in [-0.39, 0.29) is 11.9 Å². The summed E-state index contributed by atoms with van der Waals surface area (Å²) in [5, 5.41) is 7.42. The van der Waals surface area contributed by atoms with E-state index in [1.165, 1.54) is 0 Å². The molecule has 170 valence electrons. The van der Waals surface area contributed by atoms with Crippen LogP contribution in [0.15, 0.2) is 47.0 Å². The van der Waals surface area contributed by atoms with Crippen molar-refractivity contribution in [2.24, 2.45) is 0 Å². The highest BCUT2D eigenvalue weighted by atomic mass is 35.5. The molecule has 1 unspecified atom stereocenters. The van der Waals surface area contributed by atoms with E-state index in [0.717, 1.165) is 32.2 Å². The van der Waals surface area contributed by atoms with E-state index in [4.69, 9.17) is 20.9 Å². The number of aryl methyl sites for hydroxylation is 1. The SMILES string of the molecule is Cc1onc(-c2ccccc2Cl)c1C(=O)Nc1ccc2c(c1)C(=O)N1CCCCC1CCO2. The van der Waals surface area contributed by atoms with Gasteiger partial charge < -0.3 is 19.5 Å². The van der Waals surface area contributed by atoms with Crippen molar-refractivity contribution >= 4 is 29.1 Å². The molecule has 1 saturated heterocycles. The van der Waals surface area contributed by atoms with Gasteiger partial charge in [0.25, 0.3) is 11.8 Å². The summed E-state index contributed by atoms with van der Waals surface area (Å²) in [6.45, 7) is 2.99. The average Bonchev–Trinajstić information content (AvgIpc) is 3.20. The number of hydrogen-bond acceptors (Lipinski definition) is 5. The first-order valence-electron chi connectivity index (χ1n) is 11.1. The molecule has 0 spiro atoms. The van der Waals surface area contributed by atoms with Crippen LogP contribution in [0.5, 0.6) is 5.75 Å². The van der Waals surface area contributed by atoms with Gasteiger partial charge in [-0.25, -0.2) is 0 Å². The van der Waals surface area contributed by atoms with Gasteiger partial charge in [0.1, 0.15) is 22.8 Å². The molecule has 0 radical (unpaired) electrons. The molecular formula is C25H24ClN3O4. The minimum atomic E-state index is -0.390. The second-order valence-electron chi connectivity index (χ2n) is 8.39. The number of nitrogens with zero attached hydrogens (tertiary/aromatic N) is 2. The van der Waals surface area contributed by atoms with Crippen LogP contribution in [0.25, 0.3) is 11.3 Å². The van der Waals surface area contributed by atoms with E-state index in [1.807, 2.05) is 17.0 Å². The number of hydrogen-bond donors (Lipinski definition) is 1. The highest BCUT2D eigenvalue weighted by Gasteiger charge is 2.31. The third-order valence-electron chi connectivity index (χ3n) is 6.28. The molecule has 0 bridgehead atoms. The van der Waals surface area contributed by atoms with Crippen LogP contribution < -0.4 is 10.1 Å². The quantitative estimate of drug-likeness (QED) is 0.564. The summed E-state index contributed by atoms with van der Waals surface area (Å²) in [6, 6.07) is 12.5. The Balaban J connectivity index is 1.45. The van der Waals surface area contributed by atoms with E-state index >= 15 is 0 Å². The maximum absolute atomic E-state index is 13.3. The van der Waals surface area contributed by atoms with Gasteiger partial charge in [0.2, 0.25) is 0 Å². The zero-order valence-electron chi connectivity index (χ0n) is 18.3. The number of anilines is 1. The van der Waals surface area contributed by atoms with Crippen LogP contribution in [-0.2, 0) is 0 Å². The first kappa shape index (κ1) is 21.5. The molecule has 3 aromatic rings. The molecule has 2 aliphatic heterocycles. The Morgan fingerprint density at radius 1 is 1.15 bits per heavy atom. The summed E-state index contributed by atoms with van der Waals surface area (Å²) in [5.41, 5.74) is 2.24. The molecule has 1 atom stereocenters. The Labute approximate surface area is 196 Å². The number of ether oxygens (including phenoxy) is 1. The van der Waals surface area contributed by atoms with Crippen LogP contribution in [-0.4, -0.2) is 41.1 Å². The Kier molecular flexibility index (Phi) is 5.81. The first-order chi connectivity index (χ1) is 16.0. The van der Waals surface area contributed by atoms with Crippen molar-refractivity contribution in [3.05, 3.63) is 64.4 Å². The van der Waals surface area contributed by atoms with Crippen molar-refractivity contribution < 1.29 is 18.8 Å². The van der Waals surface area contributed by atoms with E-state index in [1.54, 1.807) is 37.3 Å². The maximum atomic E-state index is 13.3. The lowest BCUT2D eigenvalue weighted by Crippen LogP contribution is -2.45. The second-order valence-corrected chi connectivity index (χ2v) is 8.80. The molecule has 0 saturated carbocycles. The predicted octanol–water partition coefficient (Wildman–Crippen LogP) is 5.33.